The van der Waals surface area contributed by atoms with E-state index in [4.69, 9.17) is 9.15 Å². The van der Waals surface area contributed by atoms with Crippen molar-refractivity contribution in [2.45, 2.75) is 12.7 Å². The van der Waals surface area contributed by atoms with Gasteiger partial charge < -0.3 is 9.15 Å². The van der Waals surface area contributed by atoms with Crippen LogP contribution in [-0.4, -0.2) is 42.1 Å². The summed E-state index contributed by atoms with van der Waals surface area (Å²) >= 11 is 1.30. The fourth-order valence-electron chi connectivity index (χ4n) is 3.05. The Morgan fingerprint density at radius 3 is 2.77 bits per heavy atom. The smallest absolute Gasteiger partial charge is 0.416 e. The molecule has 0 spiro atoms. The van der Waals surface area contributed by atoms with Crippen LogP contribution in [0.2, 0.25) is 0 Å². The highest BCUT2D eigenvalue weighted by Gasteiger charge is 2.30. The van der Waals surface area contributed by atoms with E-state index < -0.39 is 17.6 Å². The topological polar surface area (TPSA) is 67.6 Å². The molecule has 3 heterocycles. The summed E-state index contributed by atoms with van der Waals surface area (Å²) in [5.41, 5.74) is 0.310. The molecule has 158 valence electrons. The molecule has 0 radical (unpaired) electrons. The first kappa shape index (κ1) is 20.6. The molecule has 0 bridgehead atoms. The minimum absolute atomic E-state index is 0.00709. The third-order valence-electron chi connectivity index (χ3n) is 4.57. The Bertz CT molecular complexity index is 1030. The number of amides is 1. The summed E-state index contributed by atoms with van der Waals surface area (Å²) < 4.78 is 49.5. The number of carbonyl (C=O) groups excluding carboxylic acids is 1. The standard InChI is InChI=1S/C20H18F3N3O3S/c21-20(22,23)14-3-1-2-13(10-14)16-4-5-17(29-16)18(27)25-19-24-15(12-30-19)11-26-6-8-28-9-7-26/h1-5,10,12H,6-9,11H2,(H,24,25,27). The van der Waals surface area contributed by atoms with Gasteiger partial charge in [-0.1, -0.05) is 12.1 Å². The Hall–Kier alpha value is -2.69. The number of hydrogen-bond acceptors (Lipinski definition) is 6. The van der Waals surface area contributed by atoms with Crippen LogP contribution < -0.4 is 5.32 Å². The summed E-state index contributed by atoms with van der Waals surface area (Å²) in [5, 5.41) is 4.97. The Morgan fingerprint density at radius 2 is 2.00 bits per heavy atom. The molecule has 0 aliphatic carbocycles. The Kier molecular flexibility index (Phi) is 5.89. The molecule has 1 saturated heterocycles. The van der Waals surface area contributed by atoms with Crippen LogP contribution in [0.4, 0.5) is 18.3 Å². The quantitative estimate of drug-likeness (QED) is 0.636. The van der Waals surface area contributed by atoms with Gasteiger partial charge in [0.25, 0.3) is 5.91 Å². The number of halogens is 3. The molecule has 4 rings (SSSR count). The molecule has 1 aliphatic rings. The highest BCUT2D eigenvalue weighted by molar-refractivity contribution is 7.13. The number of alkyl halides is 3. The average molecular weight is 437 g/mol. The Morgan fingerprint density at radius 1 is 1.20 bits per heavy atom. The first-order valence-corrected chi connectivity index (χ1v) is 10.1. The summed E-state index contributed by atoms with van der Waals surface area (Å²) in [6.07, 6.45) is -4.45. The van der Waals surface area contributed by atoms with Crippen LogP contribution in [0.5, 0.6) is 0 Å². The van der Waals surface area contributed by atoms with Gasteiger partial charge in [0.1, 0.15) is 5.76 Å². The first-order chi connectivity index (χ1) is 14.4. The van der Waals surface area contributed by atoms with E-state index in [9.17, 15) is 18.0 Å². The van der Waals surface area contributed by atoms with E-state index in [-0.39, 0.29) is 17.1 Å². The first-order valence-electron chi connectivity index (χ1n) is 9.22. The number of rotatable bonds is 5. The van der Waals surface area contributed by atoms with Crippen molar-refractivity contribution in [2.75, 3.05) is 31.6 Å². The summed E-state index contributed by atoms with van der Waals surface area (Å²) in [5.74, 6) is -0.341. The van der Waals surface area contributed by atoms with E-state index in [0.717, 1.165) is 30.9 Å². The minimum Gasteiger partial charge on any atom is -0.451 e. The zero-order chi connectivity index (χ0) is 21.1. The number of furan rings is 1. The van der Waals surface area contributed by atoms with E-state index in [1.54, 1.807) is 0 Å². The number of carbonyl (C=O) groups is 1. The number of hydrogen-bond donors (Lipinski definition) is 1. The second kappa shape index (κ2) is 8.58. The fourth-order valence-corrected chi connectivity index (χ4v) is 3.74. The van der Waals surface area contributed by atoms with Crippen molar-refractivity contribution in [3.05, 3.63) is 58.8 Å². The molecule has 1 N–H and O–H groups in total. The van der Waals surface area contributed by atoms with E-state index >= 15 is 0 Å². The summed E-state index contributed by atoms with van der Waals surface area (Å²) in [6, 6.07) is 7.65. The maximum atomic E-state index is 12.9. The lowest BCUT2D eigenvalue weighted by molar-refractivity contribution is -0.137. The lowest BCUT2D eigenvalue weighted by atomic mass is 10.1. The number of morpholine rings is 1. The van der Waals surface area contributed by atoms with Crippen LogP contribution in [0.3, 0.4) is 0 Å². The van der Waals surface area contributed by atoms with Crippen LogP contribution in [0.1, 0.15) is 21.8 Å². The van der Waals surface area contributed by atoms with Gasteiger partial charge in [-0.25, -0.2) is 4.98 Å². The van der Waals surface area contributed by atoms with Gasteiger partial charge in [0.15, 0.2) is 10.9 Å². The summed E-state index contributed by atoms with van der Waals surface area (Å²) in [7, 11) is 0. The number of anilines is 1. The number of ether oxygens (including phenoxy) is 1. The number of nitrogens with one attached hydrogen (secondary N) is 1. The van der Waals surface area contributed by atoms with Gasteiger partial charge in [0, 0.05) is 30.6 Å². The van der Waals surface area contributed by atoms with Crippen molar-refractivity contribution in [3.8, 4) is 11.3 Å². The van der Waals surface area contributed by atoms with Crippen LogP contribution in [0.15, 0.2) is 46.2 Å². The van der Waals surface area contributed by atoms with E-state index in [0.29, 0.717) is 24.9 Å². The van der Waals surface area contributed by atoms with Gasteiger partial charge in [0.05, 0.1) is 24.5 Å². The third kappa shape index (κ3) is 4.89. The molecule has 1 aromatic carbocycles. The van der Waals surface area contributed by atoms with Gasteiger partial charge in [-0.05, 0) is 24.3 Å². The summed E-state index contributed by atoms with van der Waals surface area (Å²) in [4.78, 5) is 19.1. The Labute approximate surface area is 174 Å². The molecule has 30 heavy (non-hydrogen) atoms. The number of aromatic nitrogens is 1. The van der Waals surface area contributed by atoms with Crippen molar-refractivity contribution < 1.29 is 27.1 Å². The Balaban J connectivity index is 1.41. The molecule has 6 nitrogen and oxygen atoms in total. The monoisotopic (exact) mass is 437 g/mol. The molecule has 0 atom stereocenters. The highest BCUT2D eigenvalue weighted by atomic mass is 32.1. The van der Waals surface area contributed by atoms with Gasteiger partial charge in [-0.15, -0.1) is 11.3 Å². The summed E-state index contributed by atoms with van der Waals surface area (Å²) in [6.45, 7) is 3.74. The minimum atomic E-state index is -4.45. The molecule has 1 amide bonds. The normalized spacial score (nSPS) is 15.3. The highest BCUT2D eigenvalue weighted by Crippen LogP contribution is 2.32. The van der Waals surface area contributed by atoms with Crippen LogP contribution >= 0.6 is 11.3 Å². The van der Waals surface area contributed by atoms with Crippen molar-refractivity contribution in [1.29, 1.82) is 0 Å². The van der Waals surface area contributed by atoms with E-state index in [1.807, 2.05) is 5.38 Å². The number of benzene rings is 1. The molecule has 1 aliphatic heterocycles. The average Bonchev–Trinajstić information content (AvgIpc) is 3.38. The van der Waals surface area contributed by atoms with Gasteiger partial charge in [-0.2, -0.15) is 13.2 Å². The van der Waals surface area contributed by atoms with Crippen LogP contribution in [0.25, 0.3) is 11.3 Å². The van der Waals surface area contributed by atoms with Crippen LogP contribution in [0, 0.1) is 0 Å². The SMILES string of the molecule is O=C(Nc1nc(CN2CCOCC2)cs1)c1ccc(-c2cccc(C(F)(F)F)c2)o1. The van der Waals surface area contributed by atoms with Crippen LogP contribution in [-0.2, 0) is 17.5 Å². The second-order valence-corrected chi connectivity index (χ2v) is 7.59. The van der Waals surface area contributed by atoms with Gasteiger partial charge in [0.2, 0.25) is 0 Å². The zero-order valence-electron chi connectivity index (χ0n) is 15.7. The van der Waals surface area contributed by atoms with Gasteiger partial charge >= 0.3 is 6.18 Å². The molecule has 0 unspecified atom stereocenters. The third-order valence-corrected chi connectivity index (χ3v) is 5.37. The zero-order valence-corrected chi connectivity index (χ0v) is 16.6. The van der Waals surface area contributed by atoms with Crippen molar-refractivity contribution in [2.24, 2.45) is 0 Å². The second-order valence-electron chi connectivity index (χ2n) is 6.73. The lowest BCUT2D eigenvalue weighted by Crippen LogP contribution is -2.35. The van der Waals surface area contributed by atoms with E-state index in [1.165, 1.54) is 35.6 Å². The predicted molar refractivity (Wildman–Crippen MR) is 105 cm³/mol. The van der Waals surface area contributed by atoms with Crippen molar-refractivity contribution in [1.82, 2.24) is 9.88 Å². The fraction of sp³-hybridized carbons (Fsp3) is 0.300. The molecular weight excluding hydrogens is 419 g/mol. The molecule has 1 fully saturated rings. The maximum Gasteiger partial charge on any atom is 0.416 e. The number of thiazole rings is 1. The molecule has 2 aromatic heterocycles. The predicted octanol–water partition coefficient (Wildman–Crippen LogP) is 4.51. The molecule has 0 saturated carbocycles. The lowest BCUT2D eigenvalue weighted by Gasteiger charge is -2.25. The maximum absolute atomic E-state index is 12.9. The van der Waals surface area contributed by atoms with Crippen molar-refractivity contribution in [3.63, 3.8) is 0 Å². The molecule has 3 aromatic rings. The number of nitrogens with zero attached hydrogens (tertiary/aromatic N) is 2. The largest absolute Gasteiger partial charge is 0.451 e. The van der Waals surface area contributed by atoms with Gasteiger partial charge in [-0.3, -0.25) is 15.0 Å². The van der Waals surface area contributed by atoms with Crippen molar-refractivity contribution >= 4 is 22.4 Å². The molecule has 10 heteroatoms. The van der Waals surface area contributed by atoms with E-state index in [2.05, 4.69) is 15.2 Å². The molecular formula is C20H18F3N3O3S.